The van der Waals surface area contributed by atoms with Crippen molar-refractivity contribution < 1.29 is 27.1 Å². The van der Waals surface area contributed by atoms with E-state index in [1.165, 1.54) is 11.8 Å². The number of sulfonamides is 1. The molecule has 2 atom stereocenters. The number of carboxylic acid groups (broad SMARTS) is 1. The fourth-order valence-electron chi connectivity index (χ4n) is 1.93. The predicted octanol–water partition coefficient (Wildman–Crippen LogP) is 1.50. The van der Waals surface area contributed by atoms with Crippen LogP contribution in [0.5, 0.6) is 0 Å². The maximum absolute atomic E-state index is 13.2. The van der Waals surface area contributed by atoms with Gasteiger partial charge < -0.3 is 5.11 Å². The second kappa shape index (κ2) is 5.30. The summed E-state index contributed by atoms with van der Waals surface area (Å²) in [6.45, 7) is 1.55. The smallest absolute Gasteiger partial charge is 0.322 e. The fourth-order valence-corrected chi connectivity index (χ4v) is 5.23. The Labute approximate surface area is 118 Å². The molecule has 20 heavy (non-hydrogen) atoms. The van der Waals surface area contributed by atoms with Crippen molar-refractivity contribution in [2.75, 3.05) is 5.75 Å². The van der Waals surface area contributed by atoms with Crippen molar-refractivity contribution in [3.63, 3.8) is 0 Å². The lowest BCUT2D eigenvalue weighted by Crippen LogP contribution is -2.44. The molecule has 1 fully saturated rings. The Morgan fingerprint density at radius 1 is 1.40 bits per heavy atom. The first-order chi connectivity index (χ1) is 9.25. The third-order valence-corrected chi connectivity index (χ3v) is 6.24. The van der Waals surface area contributed by atoms with Crippen molar-refractivity contribution in [1.29, 1.82) is 0 Å². The van der Waals surface area contributed by atoms with Crippen LogP contribution in [0.25, 0.3) is 0 Å². The summed E-state index contributed by atoms with van der Waals surface area (Å²) in [6, 6.07) is 0.959. The Balaban J connectivity index is 2.47. The number of hydrogen-bond acceptors (Lipinski definition) is 4. The molecular formula is C11H11F2NO4S2. The lowest BCUT2D eigenvalue weighted by atomic mass is 10.3. The second-order valence-corrected chi connectivity index (χ2v) is 7.39. The van der Waals surface area contributed by atoms with Gasteiger partial charge in [-0.15, -0.1) is 11.8 Å². The average molecular weight is 323 g/mol. The number of rotatable bonds is 3. The summed E-state index contributed by atoms with van der Waals surface area (Å²) in [5, 5.41) is 8.47. The molecule has 0 amide bonds. The molecule has 1 N–H and O–H groups in total. The van der Waals surface area contributed by atoms with Gasteiger partial charge in [-0.1, -0.05) is 0 Å². The Bertz CT molecular complexity index is 650. The summed E-state index contributed by atoms with van der Waals surface area (Å²) in [6.07, 6.45) is 0. The molecule has 1 saturated heterocycles. The Hall–Kier alpha value is -1.19. The van der Waals surface area contributed by atoms with Crippen LogP contribution in [0, 0.1) is 11.6 Å². The third kappa shape index (κ3) is 2.52. The van der Waals surface area contributed by atoms with Crippen molar-refractivity contribution in [2.24, 2.45) is 0 Å². The van der Waals surface area contributed by atoms with Crippen molar-refractivity contribution in [3.05, 3.63) is 29.8 Å². The van der Waals surface area contributed by atoms with Crippen LogP contribution in [0.2, 0.25) is 0 Å². The molecular weight excluding hydrogens is 312 g/mol. The van der Waals surface area contributed by atoms with Gasteiger partial charge in [0.2, 0.25) is 10.0 Å². The third-order valence-electron chi connectivity index (χ3n) is 2.91. The number of carboxylic acids is 1. The number of aliphatic carboxylic acids is 1. The lowest BCUT2D eigenvalue weighted by molar-refractivity contribution is -0.140. The van der Waals surface area contributed by atoms with Crippen LogP contribution in [-0.4, -0.2) is 41.0 Å². The van der Waals surface area contributed by atoms with Crippen LogP contribution in [0.3, 0.4) is 0 Å². The summed E-state index contributed by atoms with van der Waals surface area (Å²) in [5.41, 5.74) is 0. The van der Waals surface area contributed by atoms with E-state index < -0.39 is 43.9 Å². The quantitative estimate of drug-likeness (QED) is 0.912. The molecule has 1 heterocycles. The molecule has 9 heteroatoms. The van der Waals surface area contributed by atoms with Gasteiger partial charge in [0.25, 0.3) is 0 Å². The molecule has 5 nitrogen and oxygen atoms in total. The van der Waals surface area contributed by atoms with Crippen LogP contribution in [0.1, 0.15) is 6.92 Å². The number of hydrogen-bond donors (Lipinski definition) is 1. The second-order valence-electron chi connectivity index (χ2n) is 4.20. The fraction of sp³-hybridized carbons (Fsp3) is 0.364. The van der Waals surface area contributed by atoms with Gasteiger partial charge in [0.1, 0.15) is 6.04 Å². The SMILES string of the molecule is CC1SCC(C(=O)O)N1S(=O)(=O)c1ccc(F)c(F)c1. The van der Waals surface area contributed by atoms with E-state index in [9.17, 15) is 22.0 Å². The van der Waals surface area contributed by atoms with Crippen LogP contribution >= 0.6 is 11.8 Å². The number of halogens is 2. The van der Waals surface area contributed by atoms with Gasteiger partial charge in [0.05, 0.1) is 10.3 Å². The normalized spacial score (nSPS) is 23.9. The molecule has 0 aliphatic carbocycles. The highest BCUT2D eigenvalue weighted by Crippen LogP contribution is 2.34. The summed E-state index contributed by atoms with van der Waals surface area (Å²) < 4.78 is 51.6. The molecule has 0 spiro atoms. The molecule has 1 aromatic rings. The predicted molar refractivity (Wildman–Crippen MR) is 68.7 cm³/mol. The molecule has 0 saturated carbocycles. The minimum atomic E-state index is -4.20. The van der Waals surface area contributed by atoms with E-state index in [0.29, 0.717) is 12.1 Å². The van der Waals surface area contributed by atoms with Crippen LogP contribution in [-0.2, 0) is 14.8 Å². The number of carbonyl (C=O) groups is 1. The van der Waals surface area contributed by atoms with E-state index in [4.69, 9.17) is 5.11 Å². The van der Waals surface area contributed by atoms with E-state index in [2.05, 4.69) is 0 Å². The minimum Gasteiger partial charge on any atom is -0.480 e. The van der Waals surface area contributed by atoms with Gasteiger partial charge in [-0.3, -0.25) is 4.79 Å². The van der Waals surface area contributed by atoms with Gasteiger partial charge in [-0.25, -0.2) is 17.2 Å². The zero-order chi connectivity index (χ0) is 15.1. The maximum Gasteiger partial charge on any atom is 0.322 e. The largest absolute Gasteiger partial charge is 0.480 e. The highest BCUT2D eigenvalue weighted by Gasteiger charge is 2.44. The van der Waals surface area contributed by atoms with Crippen LogP contribution in [0.4, 0.5) is 8.78 Å². The molecule has 1 aliphatic rings. The van der Waals surface area contributed by atoms with E-state index in [1.807, 2.05) is 0 Å². The summed E-state index contributed by atoms with van der Waals surface area (Å²) in [7, 11) is -4.20. The van der Waals surface area contributed by atoms with Gasteiger partial charge >= 0.3 is 5.97 Å². The number of thioether (sulfide) groups is 1. The minimum absolute atomic E-state index is 0.111. The number of nitrogens with zero attached hydrogens (tertiary/aromatic N) is 1. The molecule has 110 valence electrons. The first kappa shape index (κ1) is 15.2. The van der Waals surface area contributed by atoms with Gasteiger partial charge in [-0.2, -0.15) is 4.31 Å². The van der Waals surface area contributed by atoms with Crippen LogP contribution in [0.15, 0.2) is 23.1 Å². The monoisotopic (exact) mass is 323 g/mol. The highest BCUT2D eigenvalue weighted by atomic mass is 32.2. The van der Waals surface area contributed by atoms with Gasteiger partial charge in [0, 0.05) is 5.75 Å². The van der Waals surface area contributed by atoms with Crippen molar-refractivity contribution >= 4 is 27.8 Å². The molecule has 2 rings (SSSR count). The van der Waals surface area contributed by atoms with Crippen molar-refractivity contribution in [1.82, 2.24) is 4.31 Å². The average Bonchev–Trinajstić information content (AvgIpc) is 2.75. The molecule has 0 aromatic heterocycles. The Kier molecular flexibility index (Phi) is 4.03. The lowest BCUT2D eigenvalue weighted by Gasteiger charge is -2.24. The zero-order valence-electron chi connectivity index (χ0n) is 10.3. The van der Waals surface area contributed by atoms with E-state index >= 15 is 0 Å². The van der Waals surface area contributed by atoms with E-state index in [0.717, 1.165) is 10.4 Å². The standard InChI is InChI=1S/C11H11F2NO4S2/c1-6-14(10(5-19-6)11(15)16)20(17,18)7-2-3-8(12)9(13)4-7/h2-4,6,10H,5H2,1H3,(H,15,16). The molecule has 1 aromatic carbocycles. The summed E-state index contributed by atoms with van der Waals surface area (Å²) in [5.74, 6) is -3.62. The van der Waals surface area contributed by atoms with E-state index in [1.54, 1.807) is 6.92 Å². The maximum atomic E-state index is 13.2. The first-order valence-electron chi connectivity index (χ1n) is 5.58. The summed E-state index contributed by atoms with van der Waals surface area (Å²) >= 11 is 1.17. The summed E-state index contributed by atoms with van der Waals surface area (Å²) in [4.78, 5) is 10.6. The molecule has 0 bridgehead atoms. The van der Waals surface area contributed by atoms with Crippen LogP contribution < -0.4 is 0 Å². The highest BCUT2D eigenvalue weighted by molar-refractivity contribution is 8.01. The van der Waals surface area contributed by atoms with Gasteiger partial charge in [-0.05, 0) is 25.1 Å². The zero-order valence-corrected chi connectivity index (χ0v) is 11.9. The number of benzene rings is 1. The molecule has 2 unspecified atom stereocenters. The molecule has 0 radical (unpaired) electrons. The Morgan fingerprint density at radius 2 is 2.05 bits per heavy atom. The molecule has 1 aliphatic heterocycles. The van der Waals surface area contributed by atoms with Crippen molar-refractivity contribution in [2.45, 2.75) is 23.2 Å². The Morgan fingerprint density at radius 3 is 2.60 bits per heavy atom. The van der Waals surface area contributed by atoms with Gasteiger partial charge in [0.15, 0.2) is 11.6 Å². The topological polar surface area (TPSA) is 74.7 Å². The first-order valence-corrected chi connectivity index (χ1v) is 8.07. The van der Waals surface area contributed by atoms with E-state index in [-0.39, 0.29) is 5.75 Å². The van der Waals surface area contributed by atoms with Crippen molar-refractivity contribution in [3.8, 4) is 0 Å².